The van der Waals surface area contributed by atoms with Gasteiger partial charge in [0.05, 0.1) is 0 Å². The largest absolute Gasteiger partial charge is 0.456 e. The lowest BCUT2D eigenvalue weighted by molar-refractivity contribution is 0.104. The van der Waals surface area contributed by atoms with Crippen LogP contribution in [-0.4, -0.2) is 5.78 Å². The van der Waals surface area contributed by atoms with E-state index in [2.05, 4.69) is 108 Å². The van der Waals surface area contributed by atoms with Crippen LogP contribution < -0.4 is 0 Å². The van der Waals surface area contributed by atoms with Gasteiger partial charge in [-0.15, -0.1) is 0 Å². The number of carbonyl (C=O) groups is 1. The average molecular weight is 823 g/mol. The molecule has 0 aliphatic heterocycles. The van der Waals surface area contributed by atoms with Crippen LogP contribution in [0.25, 0.3) is 55.0 Å². The fraction of sp³-hybridized carbons (Fsp3) is 0.362. The monoisotopic (exact) mass is 823 g/mol. The van der Waals surface area contributed by atoms with E-state index in [0.717, 1.165) is 44.6 Å². The Morgan fingerprint density at radius 2 is 0.672 bits per heavy atom. The van der Waals surface area contributed by atoms with E-state index in [9.17, 15) is 4.79 Å². The second-order valence-corrected chi connectivity index (χ2v) is 13.9. The Kier molecular flexibility index (Phi) is 24.8. The van der Waals surface area contributed by atoms with Crippen molar-refractivity contribution in [1.82, 2.24) is 0 Å². The molecule has 0 spiro atoms. The molecule has 6 aromatic carbocycles. The second-order valence-electron chi connectivity index (χ2n) is 13.9. The molecule has 3 heteroatoms. The quantitative estimate of drug-likeness (QED) is 0.178. The molecule has 8 aromatic rings. The van der Waals surface area contributed by atoms with E-state index in [0.29, 0.717) is 17.8 Å². The molecular weight excluding hydrogens is 745 g/mol. The number of hydrogen-bond acceptors (Lipinski definition) is 3. The van der Waals surface area contributed by atoms with Crippen molar-refractivity contribution in [3.8, 4) is 11.1 Å². The predicted molar refractivity (Wildman–Crippen MR) is 273 cm³/mol. The number of para-hydroxylation sites is 2. The molecule has 0 N–H and O–H groups in total. The minimum atomic E-state index is 0.165. The molecule has 0 atom stereocenters. The van der Waals surface area contributed by atoms with Crippen LogP contribution in [0.2, 0.25) is 0 Å². The lowest BCUT2D eigenvalue weighted by Gasteiger charge is -2.07. The highest BCUT2D eigenvalue weighted by Crippen LogP contribution is 2.38. The minimum absolute atomic E-state index is 0.165. The third-order valence-electron chi connectivity index (χ3n) is 9.55. The van der Waals surface area contributed by atoms with Crippen molar-refractivity contribution in [3.05, 3.63) is 155 Å². The summed E-state index contributed by atoms with van der Waals surface area (Å²) in [4.78, 5) is 12.3. The van der Waals surface area contributed by atoms with E-state index in [1.165, 1.54) is 38.2 Å². The summed E-state index contributed by atoms with van der Waals surface area (Å²) in [6, 6.07) is 43.4. The van der Waals surface area contributed by atoms with Gasteiger partial charge in [0.2, 0.25) is 0 Å². The maximum Gasteiger partial charge on any atom is 0.194 e. The van der Waals surface area contributed by atoms with E-state index in [1.54, 1.807) is 0 Å². The SMILES string of the molecule is CC.CC.CC.CC.CC.CC.CC(C)c1ccc2c(c1)C(=O)c1ccccc1-2.CC(C)c1ccc2c(c1)oc1ccccc12.CC(C)c1ccc2oc3ccccc3c2c1. The van der Waals surface area contributed by atoms with Gasteiger partial charge in [-0.3, -0.25) is 4.79 Å². The molecule has 2 heterocycles. The molecular formula is C58H78O3. The van der Waals surface area contributed by atoms with Gasteiger partial charge >= 0.3 is 0 Å². The van der Waals surface area contributed by atoms with Crippen molar-refractivity contribution in [2.45, 2.75) is 142 Å². The molecule has 61 heavy (non-hydrogen) atoms. The van der Waals surface area contributed by atoms with E-state index in [-0.39, 0.29) is 5.78 Å². The molecule has 0 amide bonds. The summed E-state index contributed by atoms with van der Waals surface area (Å²) in [6.07, 6.45) is 0. The first-order valence-electron chi connectivity index (χ1n) is 23.3. The van der Waals surface area contributed by atoms with Crippen LogP contribution >= 0.6 is 0 Å². The highest BCUT2D eigenvalue weighted by atomic mass is 16.3. The van der Waals surface area contributed by atoms with Gasteiger partial charge in [-0.25, -0.2) is 0 Å². The van der Waals surface area contributed by atoms with Gasteiger partial charge in [0, 0.05) is 32.7 Å². The third kappa shape index (κ3) is 13.3. The number of fused-ring (bicyclic) bond motifs is 9. The number of carbonyl (C=O) groups excluding carboxylic acids is 1. The molecule has 0 unspecified atom stereocenters. The van der Waals surface area contributed by atoms with Crippen molar-refractivity contribution in [3.63, 3.8) is 0 Å². The fourth-order valence-corrected chi connectivity index (χ4v) is 6.61. The van der Waals surface area contributed by atoms with Gasteiger partial charge in [-0.2, -0.15) is 0 Å². The molecule has 0 saturated heterocycles. The summed E-state index contributed by atoms with van der Waals surface area (Å²) >= 11 is 0. The molecule has 1 aliphatic rings. The summed E-state index contributed by atoms with van der Waals surface area (Å²) in [5.74, 6) is 1.71. The lowest BCUT2D eigenvalue weighted by atomic mass is 9.97. The molecule has 0 saturated carbocycles. The number of benzene rings is 6. The fourth-order valence-electron chi connectivity index (χ4n) is 6.61. The van der Waals surface area contributed by atoms with Gasteiger partial charge < -0.3 is 8.83 Å². The second kappa shape index (κ2) is 28.2. The Morgan fingerprint density at radius 3 is 1.21 bits per heavy atom. The van der Waals surface area contributed by atoms with Gasteiger partial charge in [0.1, 0.15) is 22.3 Å². The number of furan rings is 2. The van der Waals surface area contributed by atoms with E-state index in [1.807, 2.05) is 144 Å². The number of rotatable bonds is 3. The first-order valence-corrected chi connectivity index (χ1v) is 23.3. The van der Waals surface area contributed by atoms with E-state index in [4.69, 9.17) is 8.83 Å². The Labute approximate surface area is 370 Å². The van der Waals surface area contributed by atoms with Crippen LogP contribution in [0.4, 0.5) is 0 Å². The highest BCUT2D eigenvalue weighted by molar-refractivity contribution is 6.21. The average Bonchev–Trinajstić information content (AvgIpc) is 3.99. The zero-order valence-electron chi connectivity index (χ0n) is 41.1. The smallest absolute Gasteiger partial charge is 0.194 e. The third-order valence-corrected chi connectivity index (χ3v) is 9.55. The zero-order valence-corrected chi connectivity index (χ0v) is 41.1. The van der Waals surface area contributed by atoms with Gasteiger partial charge in [0.25, 0.3) is 0 Å². The van der Waals surface area contributed by atoms with Gasteiger partial charge in [-0.05, 0) is 82.0 Å². The Morgan fingerprint density at radius 1 is 0.311 bits per heavy atom. The van der Waals surface area contributed by atoms with Crippen LogP contribution in [0.1, 0.15) is 175 Å². The van der Waals surface area contributed by atoms with Crippen LogP contribution in [-0.2, 0) is 0 Å². The molecule has 0 fully saturated rings. The van der Waals surface area contributed by atoms with Crippen LogP contribution in [0.5, 0.6) is 0 Å². The first-order chi connectivity index (χ1) is 29.7. The summed E-state index contributed by atoms with van der Waals surface area (Å²) < 4.78 is 11.6. The Hall–Kier alpha value is -5.41. The van der Waals surface area contributed by atoms with E-state index < -0.39 is 0 Å². The van der Waals surface area contributed by atoms with Crippen molar-refractivity contribution in [2.75, 3.05) is 0 Å². The molecule has 0 radical (unpaired) electrons. The molecule has 9 rings (SSSR count). The van der Waals surface area contributed by atoms with Crippen LogP contribution in [0.3, 0.4) is 0 Å². The molecule has 0 bridgehead atoms. The molecule has 2 aromatic heterocycles. The van der Waals surface area contributed by atoms with E-state index >= 15 is 0 Å². The minimum Gasteiger partial charge on any atom is -0.456 e. The van der Waals surface area contributed by atoms with Crippen molar-refractivity contribution >= 4 is 49.7 Å². The Balaban J connectivity index is 0.000000407. The zero-order chi connectivity index (χ0) is 46.2. The van der Waals surface area contributed by atoms with Crippen molar-refractivity contribution < 1.29 is 13.6 Å². The Bertz CT molecular complexity index is 2450. The maximum atomic E-state index is 12.3. The maximum absolute atomic E-state index is 12.3. The first kappa shape index (κ1) is 53.6. The molecule has 1 aliphatic carbocycles. The number of ketones is 1. The topological polar surface area (TPSA) is 43.4 Å². The van der Waals surface area contributed by atoms with Gasteiger partial charge in [-0.1, -0.05) is 216 Å². The standard InChI is InChI=1S/C16H14O.2C15H14O.6C2H6/c1-10(2)11-7-8-13-12-5-3-4-6-14(12)16(17)15(13)9-11;1-10(2)11-7-8-15-13(9-11)12-5-3-4-6-14(12)16-15;1-10(2)11-7-8-13-12-5-3-4-6-14(12)16-15(13)9-11;6*1-2/h3-10H,1-2H3;2*3-10H,1-2H3;6*1-2H3. The molecule has 328 valence electrons. The number of hydrogen-bond donors (Lipinski definition) is 0. The molecule has 3 nitrogen and oxygen atoms in total. The lowest BCUT2D eigenvalue weighted by Crippen LogP contribution is -1.96. The van der Waals surface area contributed by atoms with Crippen molar-refractivity contribution in [2.24, 2.45) is 0 Å². The summed E-state index contributed by atoms with van der Waals surface area (Å²) in [5, 5.41) is 4.84. The van der Waals surface area contributed by atoms with Gasteiger partial charge in [0.15, 0.2) is 5.78 Å². The van der Waals surface area contributed by atoms with Crippen LogP contribution in [0, 0.1) is 0 Å². The van der Waals surface area contributed by atoms with Crippen molar-refractivity contribution in [1.29, 1.82) is 0 Å². The summed E-state index contributed by atoms with van der Waals surface area (Å²) in [7, 11) is 0. The summed E-state index contributed by atoms with van der Waals surface area (Å²) in [6.45, 7) is 37.1. The summed E-state index contributed by atoms with van der Waals surface area (Å²) in [5.41, 5.74) is 11.7. The normalized spacial score (nSPS) is 10.3. The predicted octanol–water partition coefficient (Wildman–Crippen LogP) is 19.6. The van der Waals surface area contributed by atoms with Crippen LogP contribution in [0.15, 0.2) is 136 Å². The highest BCUT2D eigenvalue weighted by Gasteiger charge is 2.26.